The Balaban J connectivity index is 1.85. The fourth-order valence-corrected chi connectivity index (χ4v) is 2.87. The van der Waals surface area contributed by atoms with Gasteiger partial charge in [0.1, 0.15) is 11.5 Å². The molecule has 0 fully saturated rings. The number of fused-ring (bicyclic) bond motifs is 1. The highest BCUT2D eigenvalue weighted by Crippen LogP contribution is 2.30. The summed E-state index contributed by atoms with van der Waals surface area (Å²) in [5.74, 6) is 1.59. The Morgan fingerprint density at radius 2 is 1.74 bits per heavy atom. The summed E-state index contributed by atoms with van der Waals surface area (Å²) in [6, 6.07) is 11.6. The van der Waals surface area contributed by atoms with Crippen LogP contribution in [-0.2, 0) is 12.8 Å². The summed E-state index contributed by atoms with van der Waals surface area (Å²) in [6.07, 6.45) is 4.37. The average molecular weight is 317 g/mol. The molecule has 2 nitrogen and oxygen atoms in total. The van der Waals surface area contributed by atoms with Crippen molar-refractivity contribution in [2.75, 3.05) is 0 Å². The van der Waals surface area contributed by atoms with Crippen LogP contribution in [-0.4, -0.2) is 6.29 Å². The molecule has 96 valence electrons. The van der Waals surface area contributed by atoms with Crippen LogP contribution in [0.4, 0.5) is 0 Å². The molecule has 0 radical (unpaired) electrons. The number of aryl methyl sites for hydroxylation is 2. The van der Waals surface area contributed by atoms with E-state index in [2.05, 4.69) is 28.1 Å². The molecule has 1 aliphatic rings. The molecular weight excluding hydrogens is 304 g/mol. The molecule has 0 aliphatic heterocycles. The van der Waals surface area contributed by atoms with Gasteiger partial charge in [-0.2, -0.15) is 0 Å². The average Bonchev–Trinajstić information content (AvgIpc) is 2.86. The molecule has 19 heavy (non-hydrogen) atoms. The van der Waals surface area contributed by atoms with Crippen LogP contribution in [0.1, 0.15) is 27.9 Å². The highest BCUT2D eigenvalue weighted by Gasteiger charge is 2.11. The zero-order valence-electron chi connectivity index (χ0n) is 10.4. The molecule has 0 unspecified atom stereocenters. The molecule has 0 spiro atoms. The zero-order valence-corrected chi connectivity index (χ0v) is 11.9. The van der Waals surface area contributed by atoms with Gasteiger partial charge in [-0.1, -0.05) is 6.07 Å². The van der Waals surface area contributed by atoms with E-state index >= 15 is 0 Å². The van der Waals surface area contributed by atoms with Gasteiger partial charge in [0.15, 0.2) is 6.29 Å². The van der Waals surface area contributed by atoms with Gasteiger partial charge in [0.05, 0.1) is 0 Å². The zero-order chi connectivity index (χ0) is 13.2. The van der Waals surface area contributed by atoms with Crippen LogP contribution < -0.4 is 4.74 Å². The van der Waals surface area contributed by atoms with Crippen LogP contribution in [0, 0.1) is 0 Å². The summed E-state index contributed by atoms with van der Waals surface area (Å²) in [5, 5.41) is 0. The molecular formula is C16H13BrO2. The normalized spacial score (nSPS) is 13.1. The third kappa shape index (κ3) is 2.56. The van der Waals surface area contributed by atoms with E-state index in [1.54, 1.807) is 6.07 Å². The van der Waals surface area contributed by atoms with Crippen molar-refractivity contribution in [1.82, 2.24) is 0 Å². The number of rotatable bonds is 3. The Morgan fingerprint density at radius 1 is 1.00 bits per heavy atom. The van der Waals surface area contributed by atoms with Crippen molar-refractivity contribution < 1.29 is 9.53 Å². The quantitative estimate of drug-likeness (QED) is 0.777. The summed E-state index contributed by atoms with van der Waals surface area (Å²) in [7, 11) is 0. The van der Waals surface area contributed by atoms with Crippen molar-refractivity contribution in [2.24, 2.45) is 0 Å². The standard InChI is InChI=1S/C16H13BrO2/c17-16-9-15(7-5-13(16)10-18)19-14-6-4-11-2-1-3-12(11)8-14/h4-10H,1-3H2. The summed E-state index contributed by atoms with van der Waals surface area (Å²) in [6.45, 7) is 0. The van der Waals surface area contributed by atoms with Crippen LogP contribution in [0.5, 0.6) is 11.5 Å². The molecule has 0 N–H and O–H groups in total. The Kier molecular flexibility index (Phi) is 3.38. The molecule has 3 rings (SSSR count). The number of carbonyl (C=O) groups is 1. The third-order valence-corrected chi connectivity index (χ3v) is 4.09. The van der Waals surface area contributed by atoms with Gasteiger partial charge < -0.3 is 4.74 Å². The molecule has 0 saturated carbocycles. The van der Waals surface area contributed by atoms with Gasteiger partial charge in [0.25, 0.3) is 0 Å². The summed E-state index contributed by atoms with van der Waals surface area (Å²) in [4.78, 5) is 10.8. The maximum atomic E-state index is 10.8. The maximum Gasteiger partial charge on any atom is 0.151 e. The molecule has 3 heteroatoms. The predicted octanol–water partition coefficient (Wildman–Crippen LogP) is 4.54. The summed E-state index contributed by atoms with van der Waals surface area (Å²) >= 11 is 3.36. The SMILES string of the molecule is O=Cc1ccc(Oc2ccc3c(c2)CCC3)cc1Br. The van der Waals surface area contributed by atoms with Crippen molar-refractivity contribution in [3.05, 3.63) is 57.6 Å². The first-order valence-electron chi connectivity index (χ1n) is 6.30. The van der Waals surface area contributed by atoms with Crippen LogP contribution >= 0.6 is 15.9 Å². The van der Waals surface area contributed by atoms with Crippen LogP contribution in [0.3, 0.4) is 0 Å². The van der Waals surface area contributed by atoms with Crippen molar-refractivity contribution >= 4 is 22.2 Å². The topological polar surface area (TPSA) is 26.3 Å². The lowest BCUT2D eigenvalue weighted by atomic mass is 10.1. The molecule has 1 aliphatic carbocycles. The first-order chi connectivity index (χ1) is 9.26. The molecule has 0 atom stereocenters. The van der Waals surface area contributed by atoms with E-state index in [1.807, 2.05) is 18.2 Å². The molecule has 0 heterocycles. The minimum atomic E-state index is 0.626. The van der Waals surface area contributed by atoms with Gasteiger partial charge in [-0.3, -0.25) is 4.79 Å². The smallest absolute Gasteiger partial charge is 0.151 e. The van der Waals surface area contributed by atoms with Gasteiger partial charge in [-0.25, -0.2) is 0 Å². The first-order valence-corrected chi connectivity index (χ1v) is 7.10. The van der Waals surface area contributed by atoms with E-state index in [0.717, 1.165) is 28.7 Å². The third-order valence-electron chi connectivity index (χ3n) is 3.40. The van der Waals surface area contributed by atoms with Crippen LogP contribution in [0.15, 0.2) is 40.9 Å². The summed E-state index contributed by atoms with van der Waals surface area (Å²) < 4.78 is 6.59. The Labute approximate surface area is 120 Å². The predicted molar refractivity (Wildman–Crippen MR) is 78.1 cm³/mol. The van der Waals surface area contributed by atoms with Gasteiger partial charge >= 0.3 is 0 Å². The van der Waals surface area contributed by atoms with Gasteiger partial charge in [-0.15, -0.1) is 0 Å². The fraction of sp³-hybridized carbons (Fsp3) is 0.188. The summed E-state index contributed by atoms with van der Waals surface area (Å²) in [5.41, 5.74) is 3.45. The lowest BCUT2D eigenvalue weighted by Crippen LogP contribution is -1.89. The minimum Gasteiger partial charge on any atom is -0.457 e. The monoisotopic (exact) mass is 316 g/mol. The van der Waals surface area contributed by atoms with Crippen molar-refractivity contribution in [3.63, 3.8) is 0 Å². The van der Waals surface area contributed by atoms with E-state index in [1.165, 1.54) is 24.0 Å². The molecule has 0 bridgehead atoms. The molecule has 2 aromatic rings. The van der Waals surface area contributed by atoms with Crippen molar-refractivity contribution in [3.8, 4) is 11.5 Å². The maximum absolute atomic E-state index is 10.8. The second-order valence-corrected chi connectivity index (χ2v) is 5.54. The van der Waals surface area contributed by atoms with E-state index < -0.39 is 0 Å². The Morgan fingerprint density at radius 3 is 2.53 bits per heavy atom. The minimum absolute atomic E-state index is 0.626. The van der Waals surface area contributed by atoms with E-state index in [4.69, 9.17) is 4.74 Å². The Bertz CT molecular complexity index is 635. The lowest BCUT2D eigenvalue weighted by molar-refractivity contribution is 0.112. The van der Waals surface area contributed by atoms with Crippen LogP contribution in [0.25, 0.3) is 0 Å². The largest absolute Gasteiger partial charge is 0.457 e. The highest BCUT2D eigenvalue weighted by atomic mass is 79.9. The molecule has 0 amide bonds. The molecule has 0 aromatic heterocycles. The number of benzene rings is 2. The van der Waals surface area contributed by atoms with Crippen molar-refractivity contribution in [2.45, 2.75) is 19.3 Å². The molecule has 2 aromatic carbocycles. The number of hydrogen-bond donors (Lipinski definition) is 0. The number of hydrogen-bond acceptors (Lipinski definition) is 2. The van der Waals surface area contributed by atoms with Gasteiger partial charge in [-0.05, 0) is 76.7 Å². The van der Waals surface area contributed by atoms with Gasteiger partial charge in [0.2, 0.25) is 0 Å². The Hall–Kier alpha value is -1.61. The van der Waals surface area contributed by atoms with Crippen molar-refractivity contribution in [1.29, 1.82) is 0 Å². The van der Waals surface area contributed by atoms with E-state index in [-0.39, 0.29) is 0 Å². The highest BCUT2D eigenvalue weighted by molar-refractivity contribution is 9.10. The second-order valence-electron chi connectivity index (χ2n) is 4.69. The lowest BCUT2D eigenvalue weighted by Gasteiger charge is -2.08. The van der Waals surface area contributed by atoms with E-state index in [9.17, 15) is 4.79 Å². The number of ether oxygens (including phenoxy) is 1. The number of halogens is 1. The van der Waals surface area contributed by atoms with Gasteiger partial charge in [0, 0.05) is 10.0 Å². The second kappa shape index (κ2) is 5.17. The fourth-order valence-electron chi connectivity index (χ4n) is 2.41. The number of aldehydes is 1. The molecule has 0 saturated heterocycles. The van der Waals surface area contributed by atoms with E-state index in [0.29, 0.717) is 5.56 Å². The first kappa shape index (κ1) is 12.4. The number of carbonyl (C=O) groups excluding carboxylic acids is 1. The van der Waals surface area contributed by atoms with Crippen LogP contribution in [0.2, 0.25) is 0 Å².